The largest absolute Gasteiger partial charge is 0.447 e. The van der Waals surface area contributed by atoms with E-state index in [1.54, 1.807) is 30.3 Å². The lowest BCUT2D eigenvalue weighted by Crippen LogP contribution is -2.26. The number of nitrogens with one attached hydrogen (secondary N) is 1. The first-order valence-corrected chi connectivity index (χ1v) is 10.0. The molecule has 0 heterocycles. The van der Waals surface area contributed by atoms with Crippen molar-refractivity contribution in [3.63, 3.8) is 0 Å². The fourth-order valence-electron chi connectivity index (χ4n) is 3.53. The number of alkyl halides is 3. The standard InChI is InChI=1S/C22H21ClF3NO3/c23-17-11-10-16(22(24,25)26)13-18(17)27-21(29)20(15-8-2-1-3-9-15)30-19(28)12-14-6-4-5-7-14/h1-3,8-11,13-14,20H,4-7,12H2,(H,27,29). The van der Waals surface area contributed by atoms with Gasteiger partial charge in [-0.05, 0) is 37.0 Å². The maximum atomic E-state index is 13.0. The van der Waals surface area contributed by atoms with E-state index in [4.69, 9.17) is 16.3 Å². The van der Waals surface area contributed by atoms with Crippen molar-refractivity contribution in [1.29, 1.82) is 0 Å². The third kappa shape index (κ3) is 5.75. The summed E-state index contributed by atoms with van der Waals surface area (Å²) in [5, 5.41) is 2.32. The van der Waals surface area contributed by atoms with Gasteiger partial charge < -0.3 is 10.1 Å². The lowest BCUT2D eigenvalue weighted by molar-refractivity contribution is -0.155. The molecular formula is C22H21ClF3NO3. The van der Waals surface area contributed by atoms with E-state index in [1.807, 2.05) is 0 Å². The van der Waals surface area contributed by atoms with Gasteiger partial charge in [0.1, 0.15) is 0 Å². The minimum atomic E-state index is -4.59. The molecule has 30 heavy (non-hydrogen) atoms. The molecule has 160 valence electrons. The first kappa shape index (κ1) is 22.2. The van der Waals surface area contributed by atoms with E-state index < -0.39 is 29.7 Å². The summed E-state index contributed by atoms with van der Waals surface area (Å²) < 4.78 is 44.5. The van der Waals surface area contributed by atoms with Gasteiger partial charge >= 0.3 is 12.1 Å². The number of hydrogen-bond acceptors (Lipinski definition) is 3. The summed E-state index contributed by atoms with van der Waals surface area (Å²) in [6.45, 7) is 0. The second-order valence-electron chi connectivity index (χ2n) is 7.32. The van der Waals surface area contributed by atoms with Crippen LogP contribution in [0.5, 0.6) is 0 Å². The maximum absolute atomic E-state index is 13.0. The average Bonchev–Trinajstić information content (AvgIpc) is 3.20. The molecule has 1 saturated carbocycles. The van der Waals surface area contributed by atoms with E-state index in [1.165, 1.54) is 0 Å². The Bertz CT molecular complexity index is 896. The monoisotopic (exact) mass is 439 g/mol. The van der Waals surface area contributed by atoms with Crippen molar-refractivity contribution in [2.75, 3.05) is 5.32 Å². The van der Waals surface area contributed by atoms with Gasteiger partial charge in [-0.2, -0.15) is 13.2 Å². The second kappa shape index (κ2) is 9.51. The van der Waals surface area contributed by atoms with Gasteiger partial charge in [0.2, 0.25) is 6.10 Å². The Morgan fingerprint density at radius 3 is 2.40 bits per heavy atom. The van der Waals surface area contributed by atoms with Crippen molar-refractivity contribution in [2.24, 2.45) is 5.92 Å². The number of hydrogen-bond donors (Lipinski definition) is 1. The summed E-state index contributed by atoms with van der Waals surface area (Å²) in [7, 11) is 0. The van der Waals surface area contributed by atoms with Gasteiger partial charge in [-0.1, -0.05) is 54.8 Å². The maximum Gasteiger partial charge on any atom is 0.416 e. The topological polar surface area (TPSA) is 55.4 Å². The SMILES string of the molecule is O=C(CC1CCCC1)OC(C(=O)Nc1cc(C(F)(F)F)ccc1Cl)c1ccccc1. The summed E-state index contributed by atoms with van der Waals surface area (Å²) in [6, 6.07) is 11.0. The molecule has 2 aromatic rings. The number of ether oxygens (including phenoxy) is 1. The van der Waals surface area contributed by atoms with E-state index in [-0.39, 0.29) is 23.0 Å². The van der Waals surface area contributed by atoms with Gasteiger partial charge in [0.05, 0.1) is 16.3 Å². The Hall–Kier alpha value is -2.54. The molecule has 2 aromatic carbocycles. The normalized spacial score (nSPS) is 15.6. The first-order chi connectivity index (χ1) is 14.2. The molecule has 0 saturated heterocycles. The minimum absolute atomic E-state index is 0.0551. The van der Waals surface area contributed by atoms with Crippen LogP contribution in [-0.4, -0.2) is 11.9 Å². The molecule has 3 rings (SSSR count). The zero-order chi connectivity index (χ0) is 21.7. The number of rotatable bonds is 6. The first-order valence-electron chi connectivity index (χ1n) is 9.66. The second-order valence-corrected chi connectivity index (χ2v) is 7.72. The number of benzene rings is 2. The van der Waals surface area contributed by atoms with Crippen LogP contribution in [0.1, 0.15) is 49.3 Å². The Morgan fingerprint density at radius 2 is 1.77 bits per heavy atom. The van der Waals surface area contributed by atoms with E-state index in [9.17, 15) is 22.8 Å². The highest BCUT2D eigenvalue weighted by Crippen LogP contribution is 2.34. The molecule has 1 N–H and O–H groups in total. The van der Waals surface area contributed by atoms with E-state index in [0.29, 0.717) is 5.56 Å². The Kier molecular flexibility index (Phi) is 7.02. The summed E-state index contributed by atoms with van der Waals surface area (Å²) in [4.78, 5) is 25.3. The number of carbonyl (C=O) groups is 2. The van der Waals surface area contributed by atoms with Crippen LogP contribution in [0.25, 0.3) is 0 Å². The summed E-state index contributed by atoms with van der Waals surface area (Å²) in [5.41, 5.74) is -0.737. The predicted molar refractivity (Wildman–Crippen MR) is 107 cm³/mol. The van der Waals surface area contributed by atoms with Crippen LogP contribution < -0.4 is 5.32 Å². The van der Waals surface area contributed by atoms with E-state index in [2.05, 4.69) is 5.32 Å². The summed E-state index contributed by atoms with van der Waals surface area (Å²) in [6.07, 6.45) is -1.67. The van der Waals surface area contributed by atoms with Crippen LogP contribution in [0, 0.1) is 5.92 Å². The zero-order valence-electron chi connectivity index (χ0n) is 16.0. The molecule has 1 atom stereocenters. The van der Waals surface area contributed by atoms with Crippen molar-refractivity contribution in [3.8, 4) is 0 Å². The van der Waals surface area contributed by atoms with Gasteiger partial charge in [-0.25, -0.2) is 0 Å². The molecule has 0 spiro atoms. The van der Waals surface area contributed by atoms with Gasteiger partial charge in [0.25, 0.3) is 5.91 Å². The fraction of sp³-hybridized carbons (Fsp3) is 0.364. The predicted octanol–water partition coefficient (Wildman–Crippen LogP) is 6.16. The number of anilines is 1. The van der Waals surface area contributed by atoms with Crippen LogP contribution in [0.4, 0.5) is 18.9 Å². The molecule has 4 nitrogen and oxygen atoms in total. The summed E-state index contributed by atoms with van der Waals surface area (Å²) in [5.74, 6) is -1.06. The zero-order valence-corrected chi connectivity index (χ0v) is 16.8. The van der Waals surface area contributed by atoms with Crippen molar-refractivity contribution in [1.82, 2.24) is 0 Å². The smallest absolute Gasteiger partial charge is 0.416 e. The molecule has 0 bridgehead atoms. The number of carbonyl (C=O) groups excluding carboxylic acids is 2. The molecule has 0 aromatic heterocycles. The average molecular weight is 440 g/mol. The molecule has 1 amide bonds. The van der Waals surface area contributed by atoms with Crippen LogP contribution in [0.3, 0.4) is 0 Å². The highest BCUT2D eigenvalue weighted by molar-refractivity contribution is 6.33. The highest BCUT2D eigenvalue weighted by Gasteiger charge is 2.32. The van der Waals surface area contributed by atoms with Crippen molar-refractivity contribution >= 4 is 29.2 Å². The van der Waals surface area contributed by atoms with Gasteiger partial charge in [0, 0.05) is 12.0 Å². The van der Waals surface area contributed by atoms with Crippen LogP contribution in [0.2, 0.25) is 5.02 Å². The molecule has 1 aliphatic carbocycles. The Morgan fingerprint density at radius 1 is 1.10 bits per heavy atom. The molecule has 1 unspecified atom stereocenters. The highest BCUT2D eigenvalue weighted by atomic mass is 35.5. The van der Waals surface area contributed by atoms with Gasteiger partial charge in [-0.3, -0.25) is 9.59 Å². The number of esters is 1. The van der Waals surface area contributed by atoms with Crippen LogP contribution in [0.15, 0.2) is 48.5 Å². The van der Waals surface area contributed by atoms with Crippen molar-refractivity contribution in [3.05, 3.63) is 64.7 Å². The Balaban J connectivity index is 1.79. The van der Waals surface area contributed by atoms with Crippen molar-refractivity contribution < 1.29 is 27.5 Å². The Labute approximate surface area is 177 Å². The number of halogens is 4. The minimum Gasteiger partial charge on any atom is -0.447 e. The molecule has 8 heteroatoms. The third-order valence-corrected chi connectivity index (χ3v) is 5.40. The number of amides is 1. The molecule has 1 fully saturated rings. The van der Waals surface area contributed by atoms with Crippen LogP contribution >= 0.6 is 11.6 Å². The molecule has 0 radical (unpaired) electrons. The van der Waals surface area contributed by atoms with E-state index in [0.717, 1.165) is 43.9 Å². The lowest BCUT2D eigenvalue weighted by atomic mass is 10.0. The third-order valence-electron chi connectivity index (χ3n) is 5.07. The fourth-order valence-corrected chi connectivity index (χ4v) is 3.69. The summed E-state index contributed by atoms with van der Waals surface area (Å²) >= 11 is 5.97. The van der Waals surface area contributed by atoms with Gasteiger partial charge in [0.15, 0.2) is 0 Å². The molecule has 0 aliphatic heterocycles. The van der Waals surface area contributed by atoms with Crippen molar-refractivity contribution in [2.45, 2.75) is 44.4 Å². The molecule has 1 aliphatic rings. The quantitative estimate of drug-likeness (QED) is 0.548. The van der Waals surface area contributed by atoms with E-state index >= 15 is 0 Å². The lowest BCUT2D eigenvalue weighted by Gasteiger charge is -2.20. The molecular weight excluding hydrogens is 419 g/mol. The van der Waals surface area contributed by atoms with Gasteiger partial charge in [-0.15, -0.1) is 0 Å². The van der Waals surface area contributed by atoms with Crippen LogP contribution in [-0.2, 0) is 20.5 Å².